The van der Waals surface area contributed by atoms with Gasteiger partial charge in [-0.15, -0.1) is 0 Å². The predicted octanol–water partition coefficient (Wildman–Crippen LogP) is 5.54. The largest absolute Gasteiger partial charge is 0.497 e. The Bertz CT molecular complexity index is 1270. The molecule has 4 aromatic rings. The van der Waals surface area contributed by atoms with Crippen molar-refractivity contribution >= 4 is 28.3 Å². The van der Waals surface area contributed by atoms with Crippen LogP contribution in [-0.4, -0.2) is 18.8 Å². The lowest BCUT2D eigenvalue weighted by Crippen LogP contribution is -2.11. The summed E-state index contributed by atoms with van der Waals surface area (Å²) < 4.78 is 11.0. The molecule has 30 heavy (non-hydrogen) atoms. The lowest BCUT2D eigenvalue weighted by atomic mass is 10.0. The fourth-order valence-corrected chi connectivity index (χ4v) is 3.40. The molecule has 0 atom stereocenters. The highest BCUT2D eigenvalue weighted by molar-refractivity contribution is 6.11. The molecule has 1 N–H and O–H groups in total. The third-order valence-corrected chi connectivity index (χ3v) is 5.01. The Morgan fingerprint density at radius 3 is 2.43 bits per heavy atom. The number of aryl methyl sites for hydroxylation is 2. The molecule has 1 heterocycles. The van der Waals surface area contributed by atoms with Gasteiger partial charge in [-0.1, -0.05) is 29.8 Å². The van der Waals surface area contributed by atoms with Crippen LogP contribution in [0.4, 0.5) is 5.69 Å². The van der Waals surface area contributed by atoms with Gasteiger partial charge in [-0.3, -0.25) is 9.59 Å². The van der Waals surface area contributed by atoms with E-state index < -0.39 is 0 Å². The molecule has 5 nitrogen and oxygen atoms in total. The van der Waals surface area contributed by atoms with Gasteiger partial charge in [0.05, 0.1) is 7.11 Å². The van der Waals surface area contributed by atoms with Crippen molar-refractivity contribution in [2.24, 2.45) is 0 Å². The molecule has 3 aromatic carbocycles. The minimum absolute atomic E-state index is 0.188. The normalized spacial score (nSPS) is 10.8. The number of fused-ring (bicyclic) bond motifs is 1. The summed E-state index contributed by atoms with van der Waals surface area (Å²) in [6, 6.07) is 19.7. The van der Waals surface area contributed by atoms with Crippen LogP contribution in [0.2, 0.25) is 0 Å². The topological polar surface area (TPSA) is 68.5 Å². The smallest absolute Gasteiger partial charge is 0.255 e. The fourth-order valence-electron chi connectivity index (χ4n) is 3.40. The van der Waals surface area contributed by atoms with E-state index in [9.17, 15) is 9.59 Å². The zero-order valence-electron chi connectivity index (χ0n) is 17.0. The van der Waals surface area contributed by atoms with Crippen molar-refractivity contribution in [3.8, 4) is 5.75 Å². The van der Waals surface area contributed by atoms with E-state index in [0.29, 0.717) is 28.1 Å². The van der Waals surface area contributed by atoms with E-state index in [1.165, 1.54) is 0 Å². The minimum Gasteiger partial charge on any atom is -0.497 e. The van der Waals surface area contributed by atoms with Crippen LogP contribution in [-0.2, 0) is 0 Å². The number of amides is 1. The van der Waals surface area contributed by atoms with Gasteiger partial charge in [0.25, 0.3) is 5.91 Å². The Kier molecular flexibility index (Phi) is 5.11. The van der Waals surface area contributed by atoms with E-state index >= 15 is 0 Å². The van der Waals surface area contributed by atoms with Crippen LogP contribution >= 0.6 is 0 Å². The van der Waals surface area contributed by atoms with E-state index in [4.69, 9.17) is 9.15 Å². The van der Waals surface area contributed by atoms with E-state index in [-0.39, 0.29) is 17.5 Å². The van der Waals surface area contributed by atoms with Crippen molar-refractivity contribution in [2.45, 2.75) is 13.8 Å². The maximum absolute atomic E-state index is 13.0. The third kappa shape index (κ3) is 3.70. The number of ether oxygens (including phenoxy) is 1. The molecule has 0 aliphatic heterocycles. The van der Waals surface area contributed by atoms with Gasteiger partial charge in [0.2, 0.25) is 5.78 Å². The van der Waals surface area contributed by atoms with Crippen molar-refractivity contribution < 1.29 is 18.7 Å². The summed E-state index contributed by atoms with van der Waals surface area (Å²) in [4.78, 5) is 25.5. The first-order valence-electron chi connectivity index (χ1n) is 9.56. The molecule has 0 spiro atoms. The molecule has 5 heteroatoms. The van der Waals surface area contributed by atoms with Crippen LogP contribution < -0.4 is 10.1 Å². The Balaban J connectivity index is 1.65. The lowest BCUT2D eigenvalue weighted by molar-refractivity contribution is 0.101. The Labute approximate surface area is 174 Å². The number of hydrogen-bond acceptors (Lipinski definition) is 4. The number of hydrogen-bond donors (Lipinski definition) is 1. The minimum atomic E-state index is -0.215. The number of carbonyl (C=O) groups excluding carboxylic acids is 2. The number of ketones is 1. The monoisotopic (exact) mass is 399 g/mol. The van der Waals surface area contributed by atoms with Gasteiger partial charge in [0.1, 0.15) is 11.3 Å². The molecule has 0 saturated carbocycles. The Morgan fingerprint density at radius 2 is 1.67 bits per heavy atom. The maximum Gasteiger partial charge on any atom is 0.255 e. The number of benzene rings is 3. The highest BCUT2D eigenvalue weighted by Crippen LogP contribution is 2.30. The third-order valence-electron chi connectivity index (χ3n) is 5.01. The van der Waals surface area contributed by atoms with E-state index in [0.717, 1.165) is 16.5 Å². The summed E-state index contributed by atoms with van der Waals surface area (Å²) in [6.45, 7) is 3.78. The summed E-state index contributed by atoms with van der Waals surface area (Å²) in [5.74, 6) is 0.482. The van der Waals surface area contributed by atoms with E-state index in [1.54, 1.807) is 49.6 Å². The molecule has 0 aliphatic rings. The van der Waals surface area contributed by atoms with Crippen molar-refractivity contribution in [1.29, 1.82) is 0 Å². The van der Waals surface area contributed by atoms with Crippen molar-refractivity contribution in [1.82, 2.24) is 0 Å². The highest BCUT2D eigenvalue weighted by atomic mass is 16.5. The summed E-state index contributed by atoms with van der Waals surface area (Å²) in [6.07, 6.45) is 0. The SMILES string of the molecule is COc1cccc(C(=O)c2oc3ccc(NC(=O)c4cccc(C)c4)cc3c2C)c1. The second-order valence-corrected chi connectivity index (χ2v) is 7.15. The van der Waals surface area contributed by atoms with Crippen molar-refractivity contribution in [3.05, 3.63) is 94.7 Å². The quantitative estimate of drug-likeness (QED) is 0.447. The molecule has 150 valence electrons. The number of furan rings is 1. The van der Waals surface area contributed by atoms with Gasteiger partial charge in [0.15, 0.2) is 5.76 Å². The lowest BCUT2D eigenvalue weighted by Gasteiger charge is -2.06. The van der Waals surface area contributed by atoms with Gasteiger partial charge in [-0.25, -0.2) is 0 Å². The zero-order valence-corrected chi connectivity index (χ0v) is 17.0. The van der Waals surface area contributed by atoms with Gasteiger partial charge in [-0.2, -0.15) is 0 Å². The summed E-state index contributed by atoms with van der Waals surface area (Å²) >= 11 is 0. The Morgan fingerprint density at radius 1 is 0.900 bits per heavy atom. The van der Waals surface area contributed by atoms with Crippen LogP contribution in [0.5, 0.6) is 5.75 Å². The number of anilines is 1. The van der Waals surface area contributed by atoms with Gasteiger partial charge in [-0.05, 0) is 56.3 Å². The number of nitrogens with one attached hydrogen (secondary N) is 1. The molecule has 0 bridgehead atoms. The Hall–Kier alpha value is -3.86. The second-order valence-electron chi connectivity index (χ2n) is 7.15. The first-order chi connectivity index (χ1) is 14.5. The van der Waals surface area contributed by atoms with E-state index in [2.05, 4.69) is 5.32 Å². The number of carbonyl (C=O) groups is 2. The average Bonchev–Trinajstić information content (AvgIpc) is 3.09. The van der Waals surface area contributed by atoms with Crippen LogP contribution in [0.3, 0.4) is 0 Å². The highest BCUT2D eigenvalue weighted by Gasteiger charge is 2.20. The standard InChI is InChI=1S/C25H21NO4/c1-15-6-4-8-18(12-15)25(28)26-19-10-11-22-21(14-19)16(2)24(30-22)23(27)17-7-5-9-20(13-17)29-3/h4-14H,1-3H3,(H,26,28). The molecule has 0 aliphatic carbocycles. The van der Waals surface area contributed by atoms with Crippen molar-refractivity contribution in [2.75, 3.05) is 12.4 Å². The van der Waals surface area contributed by atoms with Gasteiger partial charge >= 0.3 is 0 Å². The summed E-state index contributed by atoms with van der Waals surface area (Å²) in [5, 5.41) is 3.69. The molecule has 0 saturated heterocycles. The van der Waals surface area contributed by atoms with E-state index in [1.807, 2.05) is 38.1 Å². The van der Waals surface area contributed by atoms with Gasteiger partial charge in [0, 0.05) is 27.8 Å². The molecule has 1 aromatic heterocycles. The van der Waals surface area contributed by atoms with Crippen LogP contribution in [0.15, 0.2) is 71.1 Å². The maximum atomic E-state index is 13.0. The zero-order chi connectivity index (χ0) is 21.3. The predicted molar refractivity (Wildman–Crippen MR) is 117 cm³/mol. The molecule has 0 radical (unpaired) electrons. The van der Waals surface area contributed by atoms with Crippen LogP contribution in [0, 0.1) is 13.8 Å². The molecule has 1 amide bonds. The fraction of sp³-hybridized carbons (Fsp3) is 0.120. The second kappa shape index (κ2) is 7.87. The number of methoxy groups -OCH3 is 1. The average molecular weight is 399 g/mol. The molecular weight excluding hydrogens is 378 g/mol. The molecule has 4 rings (SSSR count). The summed E-state index contributed by atoms with van der Waals surface area (Å²) in [5.41, 5.74) is 4.05. The molecule has 0 unspecified atom stereocenters. The first-order valence-corrected chi connectivity index (χ1v) is 9.56. The van der Waals surface area contributed by atoms with Crippen LogP contribution in [0.25, 0.3) is 11.0 Å². The number of rotatable bonds is 5. The van der Waals surface area contributed by atoms with Crippen molar-refractivity contribution in [3.63, 3.8) is 0 Å². The molecular formula is C25H21NO4. The molecule has 0 fully saturated rings. The summed E-state index contributed by atoms with van der Waals surface area (Å²) in [7, 11) is 1.56. The van der Waals surface area contributed by atoms with Gasteiger partial charge < -0.3 is 14.5 Å². The van der Waals surface area contributed by atoms with Crippen LogP contribution in [0.1, 0.15) is 37.6 Å². The first kappa shape index (κ1) is 19.5.